The summed E-state index contributed by atoms with van der Waals surface area (Å²) in [6, 6.07) is 14.8. The van der Waals surface area contributed by atoms with Gasteiger partial charge in [0.15, 0.2) is 0 Å². The Morgan fingerprint density at radius 2 is 1.88 bits per heavy atom. The van der Waals surface area contributed by atoms with E-state index < -0.39 is 5.97 Å². The maximum absolute atomic E-state index is 13.3. The number of benzene rings is 2. The van der Waals surface area contributed by atoms with Gasteiger partial charge in [0.1, 0.15) is 23.3 Å². The number of esters is 1. The quantitative estimate of drug-likeness (QED) is 0.336. The van der Waals surface area contributed by atoms with E-state index in [-0.39, 0.29) is 28.4 Å². The van der Waals surface area contributed by atoms with E-state index in [9.17, 15) is 19.5 Å². The fraction of sp³-hybridized carbons (Fsp3) is 0.323. The Morgan fingerprint density at radius 1 is 1.05 bits per heavy atom. The zero-order chi connectivity index (χ0) is 27.8. The Hall–Kier alpha value is -4.37. The summed E-state index contributed by atoms with van der Waals surface area (Å²) in [4.78, 5) is 40.0. The highest BCUT2D eigenvalue weighted by Gasteiger charge is 2.35. The molecular weight excluding hydrogens is 512 g/mol. The first-order chi connectivity index (χ1) is 19.4. The molecule has 4 aromatic rings. The zero-order valence-electron chi connectivity index (χ0n) is 22.2. The molecule has 206 valence electrons. The number of rotatable bonds is 7. The number of nitrogens with zero attached hydrogens (tertiary/aromatic N) is 2. The molecule has 2 bridgehead atoms. The van der Waals surface area contributed by atoms with E-state index in [2.05, 4.69) is 4.90 Å². The number of phenolic OH excluding ortho intramolecular Hbond substituents is 1. The molecule has 2 aliphatic heterocycles. The fourth-order valence-electron chi connectivity index (χ4n) is 5.87. The number of aromatic hydroxyl groups is 1. The summed E-state index contributed by atoms with van der Waals surface area (Å²) >= 11 is 0. The van der Waals surface area contributed by atoms with Crippen molar-refractivity contribution in [2.24, 2.45) is 5.92 Å². The summed E-state index contributed by atoms with van der Waals surface area (Å²) in [6.45, 7) is 4.88. The van der Waals surface area contributed by atoms with Crippen molar-refractivity contribution in [2.45, 2.75) is 38.8 Å². The molecule has 0 radical (unpaired) electrons. The highest BCUT2D eigenvalue weighted by Crippen LogP contribution is 2.37. The normalized spacial score (nSPS) is 18.3. The van der Waals surface area contributed by atoms with E-state index in [4.69, 9.17) is 13.9 Å². The first-order valence-corrected chi connectivity index (χ1v) is 13.5. The highest BCUT2D eigenvalue weighted by molar-refractivity contribution is 5.89. The van der Waals surface area contributed by atoms with Crippen molar-refractivity contribution >= 4 is 16.9 Å². The molecule has 0 unspecified atom stereocenters. The van der Waals surface area contributed by atoms with Crippen molar-refractivity contribution < 1.29 is 23.8 Å². The first kappa shape index (κ1) is 25.9. The van der Waals surface area contributed by atoms with Gasteiger partial charge in [-0.15, -0.1) is 0 Å². The predicted molar refractivity (Wildman–Crippen MR) is 148 cm³/mol. The van der Waals surface area contributed by atoms with Gasteiger partial charge in [-0.05, 0) is 61.2 Å². The van der Waals surface area contributed by atoms with Gasteiger partial charge in [-0.1, -0.05) is 13.0 Å². The minimum absolute atomic E-state index is 0.00000262. The molecule has 9 nitrogen and oxygen atoms in total. The van der Waals surface area contributed by atoms with Crippen LogP contribution in [0.15, 0.2) is 74.9 Å². The Morgan fingerprint density at radius 3 is 2.67 bits per heavy atom. The Bertz CT molecular complexity index is 1690. The lowest BCUT2D eigenvalue weighted by Crippen LogP contribution is -2.46. The SMILES string of the molecule is CCCOC(=O)c1ccc(Oc2coc3c(CN4C[C@H]5C[C@@H](C4)c4cccc(=O)n4C5)c(O)ccc3c2=O)cc1. The minimum atomic E-state index is -0.415. The maximum Gasteiger partial charge on any atom is 0.338 e. The Kier molecular flexibility index (Phi) is 6.89. The second-order valence-electron chi connectivity index (χ2n) is 10.5. The summed E-state index contributed by atoms with van der Waals surface area (Å²) in [5, 5.41) is 11.1. The highest BCUT2D eigenvalue weighted by atomic mass is 16.5. The van der Waals surface area contributed by atoms with Crippen molar-refractivity contribution in [1.29, 1.82) is 0 Å². The molecule has 4 heterocycles. The number of carbonyl (C=O) groups is 1. The van der Waals surface area contributed by atoms with Gasteiger partial charge in [0.25, 0.3) is 5.56 Å². The number of ether oxygens (including phenoxy) is 2. The van der Waals surface area contributed by atoms with Crippen molar-refractivity contribution in [3.05, 3.63) is 98.3 Å². The van der Waals surface area contributed by atoms with E-state index in [1.165, 1.54) is 18.4 Å². The van der Waals surface area contributed by atoms with E-state index in [0.29, 0.717) is 53.5 Å². The fourth-order valence-corrected chi connectivity index (χ4v) is 5.87. The molecular formula is C31H30N2O7. The lowest BCUT2D eigenvalue weighted by atomic mass is 9.83. The maximum atomic E-state index is 13.3. The molecule has 2 atom stereocenters. The van der Waals surface area contributed by atoms with E-state index in [1.807, 2.05) is 23.6 Å². The summed E-state index contributed by atoms with van der Waals surface area (Å²) < 4.78 is 18.7. The van der Waals surface area contributed by atoms with Gasteiger partial charge in [-0.3, -0.25) is 14.5 Å². The number of carbonyl (C=O) groups excluding carboxylic acids is 1. The lowest BCUT2D eigenvalue weighted by molar-refractivity contribution is 0.0505. The van der Waals surface area contributed by atoms with Crippen molar-refractivity contribution in [1.82, 2.24) is 9.47 Å². The lowest BCUT2D eigenvalue weighted by Gasteiger charge is -2.42. The molecule has 0 spiro atoms. The molecule has 1 fully saturated rings. The standard InChI is InChI=1S/C31H30N2O7/c1-2-12-38-31(37)20-6-8-22(9-7-20)40-27-18-39-30-23(29(27)36)10-11-26(34)24(30)17-32-14-19-13-21(16-32)25-4-3-5-28(35)33(25)15-19/h3-11,18-19,21,34H,2,12-17H2,1H3/t19-,21+/m1/s1. The van der Waals surface area contributed by atoms with Crippen molar-refractivity contribution in [3.8, 4) is 17.2 Å². The van der Waals surface area contributed by atoms with Gasteiger partial charge in [-0.2, -0.15) is 0 Å². The van der Waals surface area contributed by atoms with Gasteiger partial charge in [0.2, 0.25) is 11.2 Å². The number of fused-ring (bicyclic) bond motifs is 5. The predicted octanol–water partition coefficient (Wildman–Crippen LogP) is 4.64. The molecule has 6 rings (SSSR count). The molecule has 40 heavy (non-hydrogen) atoms. The average Bonchev–Trinajstić information content (AvgIpc) is 2.95. The smallest absolute Gasteiger partial charge is 0.338 e. The molecule has 1 N–H and O–H groups in total. The summed E-state index contributed by atoms with van der Waals surface area (Å²) in [5.41, 5.74) is 1.98. The van der Waals surface area contributed by atoms with Gasteiger partial charge in [0.05, 0.1) is 23.1 Å². The average molecular weight is 543 g/mol. The zero-order valence-corrected chi connectivity index (χ0v) is 22.2. The van der Waals surface area contributed by atoms with Gasteiger partial charge in [-0.25, -0.2) is 4.79 Å². The van der Waals surface area contributed by atoms with E-state index in [1.54, 1.807) is 30.3 Å². The summed E-state index contributed by atoms with van der Waals surface area (Å²) in [5.74, 6) is 0.571. The van der Waals surface area contributed by atoms with Gasteiger partial charge >= 0.3 is 5.97 Å². The van der Waals surface area contributed by atoms with Crippen LogP contribution in [0.3, 0.4) is 0 Å². The number of phenols is 1. The number of likely N-dealkylation sites (tertiary alicyclic amines) is 1. The number of piperidine rings is 1. The van der Waals surface area contributed by atoms with Crippen LogP contribution >= 0.6 is 0 Å². The third kappa shape index (κ3) is 4.88. The van der Waals surface area contributed by atoms with Crippen LogP contribution in [0.1, 0.15) is 47.3 Å². The molecule has 0 aliphatic carbocycles. The van der Waals surface area contributed by atoms with E-state index in [0.717, 1.165) is 31.6 Å². The number of hydrogen-bond acceptors (Lipinski definition) is 8. The molecule has 0 amide bonds. The molecule has 2 aromatic carbocycles. The van der Waals surface area contributed by atoms with Gasteiger partial charge in [0, 0.05) is 43.9 Å². The van der Waals surface area contributed by atoms with Crippen LogP contribution < -0.4 is 15.7 Å². The molecule has 1 saturated heterocycles. The van der Waals surface area contributed by atoms with Gasteiger partial charge < -0.3 is 23.6 Å². The molecule has 9 heteroatoms. The van der Waals surface area contributed by atoms with Crippen LogP contribution in [0.5, 0.6) is 17.2 Å². The number of aromatic nitrogens is 1. The van der Waals surface area contributed by atoms with Crippen LogP contribution in [0.25, 0.3) is 11.0 Å². The van der Waals surface area contributed by atoms with Crippen LogP contribution in [-0.4, -0.2) is 40.2 Å². The van der Waals surface area contributed by atoms with Crippen LogP contribution in [0.4, 0.5) is 0 Å². The largest absolute Gasteiger partial charge is 0.507 e. The second kappa shape index (κ2) is 10.7. The second-order valence-corrected chi connectivity index (χ2v) is 10.5. The number of hydrogen-bond donors (Lipinski definition) is 1. The van der Waals surface area contributed by atoms with Crippen LogP contribution in [0.2, 0.25) is 0 Å². The first-order valence-electron chi connectivity index (χ1n) is 13.5. The third-order valence-electron chi connectivity index (χ3n) is 7.68. The van der Waals surface area contributed by atoms with Crippen LogP contribution in [-0.2, 0) is 17.8 Å². The summed E-state index contributed by atoms with van der Waals surface area (Å²) in [6.07, 6.45) is 3.02. The Balaban J connectivity index is 1.23. The minimum Gasteiger partial charge on any atom is -0.507 e. The van der Waals surface area contributed by atoms with Crippen LogP contribution in [0, 0.1) is 5.92 Å². The summed E-state index contributed by atoms with van der Waals surface area (Å²) in [7, 11) is 0. The Labute approximate surface area is 230 Å². The molecule has 0 saturated carbocycles. The van der Waals surface area contributed by atoms with Crippen molar-refractivity contribution in [2.75, 3.05) is 19.7 Å². The molecule has 2 aliphatic rings. The van der Waals surface area contributed by atoms with Crippen molar-refractivity contribution in [3.63, 3.8) is 0 Å². The molecule has 2 aromatic heterocycles. The number of pyridine rings is 1. The monoisotopic (exact) mass is 542 g/mol. The third-order valence-corrected chi connectivity index (χ3v) is 7.68. The topological polar surface area (TPSA) is 111 Å². The van der Waals surface area contributed by atoms with E-state index >= 15 is 0 Å².